The smallest absolute Gasteiger partial charge is 0.461 e. The average molecular weight is 387 g/mol. The molecule has 144 valence electrons. The third-order valence-corrected chi connectivity index (χ3v) is 4.04. The number of fused-ring (bicyclic) bond motifs is 1. The number of ether oxygens (including phenoxy) is 1. The molecule has 1 aromatic heterocycles. The van der Waals surface area contributed by atoms with Crippen molar-refractivity contribution in [2.45, 2.75) is 25.5 Å². The Morgan fingerprint density at radius 1 is 1.30 bits per heavy atom. The molecule has 0 bridgehead atoms. The third kappa shape index (κ3) is 3.57. The van der Waals surface area contributed by atoms with Crippen LogP contribution in [0.15, 0.2) is 24.3 Å². The number of nitrogens with zero attached hydrogens (tertiary/aromatic N) is 2. The van der Waals surface area contributed by atoms with Gasteiger partial charge in [0.2, 0.25) is 0 Å². The maximum atomic E-state index is 13.2. The molecule has 0 fully saturated rings. The fourth-order valence-corrected chi connectivity index (χ4v) is 2.74. The van der Waals surface area contributed by atoms with Gasteiger partial charge in [-0.15, -0.1) is 0 Å². The second-order valence-corrected chi connectivity index (χ2v) is 5.77. The molecule has 2 aromatic rings. The zero-order valence-electron chi connectivity index (χ0n) is 13.6. The van der Waals surface area contributed by atoms with Gasteiger partial charge in [0, 0.05) is 24.2 Å². The van der Waals surface area contributed by atoms with Crippen LogP contribution in [0.1, 0.15) is 32.1 Å². The zero-order valence-corrected chi connectivity index (χ0v) is 13.6. The van der Waals surface area contributed by atoms with Crippen LogP contribution in [0.2, 0.25) is 0 Å². The number of rotatable bonds is 5. The van der Waals surface area contributed by atoms with Crippen LogP contribution in [0.4, 0.5) is 17.6 Å². The Balaban J connectivity index is 1.87. The van der Waals surface area contributed by atoms with Gasteiger partial charge >= 0.3 is 18.5 Å². The summed E-state index contributed by atoms with van der Waals surface area (Å²) in [6.45, 7) is 0.0402. The van der Waals surface area contributed by atoms with Gasteiger partial charge in [-0.2, -0.15) is 22.7 Å². The summed E-state index contributed by atoms with van der Waals surface area (Å²) in [5.74, 6) is -2.72. The Labute approximate surface area is 149 Å². The number of benzene rings is 1. The quantitative estimate of drug-likeness (QED) is 0.769. The Morgan fingerprint density at radius 2 is 2.00 bits per heavy atom. The SMILES string of the molecule is O=C(O)c1n[nH]c2c1CN(C(=O)c1ccccc1OC(F)(F)C(F)F)CC2. The number of hydrogen-bond donors (Lipinski definition) is 2. The number of halogens is 4. The lowest BCUT2D eigenvalue weighted by atomic mass is 10.0. The molecule has 2 N–H and O–H groups in total. The average Bonchev–Trinajstić information content (AvgIpc) is 3.04. The van der Waals surface area contributed by atoms with Crippen molar-refractivity contribution < 1.29 is 37.0 Å². The van der Waals surface area contributed by atoms with Gasteiger partial charge in [0.05, 0.1) is 12.1 Å². The number of carbonyl (C=O) groups excluding carboxylic acids is 1. The Hall–Kier alpha value is -3.11. The van der Waals surface area contributed by atoms with Crippen LogP contribution in [0.5, 0.6) is 5.75 Å². The fourth-order valence-electron chi connectivity index (χ4n) is 2.74. The Bertz CT molecular complexity index is 884. The van der Waals surface area contributed by atoms with E-state index in [1.165, 1.54) is 23.1 Å². The molecule has 0 aliphatic carbocycles. The highest BCUT2D eigenvalue weighted by atomic mass is 19.3. The van der Waals surface area contributed by atoms with Crippen molar-refractivity contribution >= 4 is 11.9 Å². The molecule has 1 aliphatic rings. The van der Waals surface area contributed by atoms with Crippen LogP contribution in [0, 0.1) is 0 Å². The van der Waals surface area contributed by atoms with Crippen molar-refractivity contribution in [3.05, 3.63) is 46.8 Å². The zero-order chi connectivity index (χ0) is 19.8. The molecule has 0 radical (unpaired) electrons. The van der Waals surface area contributed by atoms with Gasteiger partial charge in [0.1, 0.15) is 5.75 Å². The summed E-state index contributed by atoms with van der Waals surface area (Å²) in [4.78, 5) is 25.1. The summed E-state index contributed by atoms with van der Waals surface area (Å²) in [6, 6.07) is 4.79. The number of carboxylic acids is 1. The minimum atomic E-state index is -4.76. The highest BCUT2D eigenvalue weighted by Gasteiger charge is 2.44. The molecule has 0 saturated heterocycles. The van der Waals surface area contributed by atoms with Gasteiger partial charge in [-0.05, 0) is 12.1 Å². The van der Waals surface area contributed by atoms with E-state index in [2.05, 4.69) is 14.9 Å². The van der Waals surface area contributed by atoms with E-state index in [0.29, 0.717) is 11.3 Å². The van der Waals surface area contributed by atoms with Crippen LogP contribution in [0.3, 0.4) is 0 Å². The topological polar surface area (TPSA) is 95.5 Å². The molecule has 0 atom stereocenters. The minimum Gasteiger partial charge on any atom is -0.476 e. The molecular weight excluding hydrogens is 374 g/mol. The number of carbonyl (C=O) groups is 2. The van der Waals surface area contributed by atoms with Crippen molar-refractivity contribution in [1.82, 2.24) is 15.1 Å². The largest absolute Gasteiger partial charge is 0.476 e. The first-order chi connectivity index (χ1) is 12.7. The molecular formula is C16H13F4N3O4. The molecule has 2 heterocycles. The fraction of sp³-hybridized carbons (Fsp3) is 0.312. The van der Waals surface area contributed by atoms with Crippen molar-refractivity contribution in [3.8, 4) is 5.75 Å². The van der Waals surface area contributed by atoms with Crippen molar-refractivity contribution in [2.24, 2.45) is 0 Å². The van der Waals surface area contributed by atoms with Crippen LogP contribution in [0.25, 0.3) is 0 Å². The van der Waals surface area contributed by atoms with Crippen molar-refractivity contribution in [1.29, 1.82) is 0 Å². The van der Waals surface area contributed by atoms with E-state index in [9.17, 15) is 27.2 Å². The van der Waals surface area contributed by atoms with E-state index in [0.717, 1.165) is 6.07 Å². The lowest BCUT2D eigenvalue weighted by molar-refractivity contribution is -0.253. The Kier molecular flexibility index (Phi) is 4.77. The number of aromatic amines is 1. The summed E-state index contributed by atoms with van der Waals surface area (Å²) in [5, 5.41) is 15.4. The highest BCUT2D eigenvalue weighted by molar-refractivity contribution is 5.97. The van der Waals surface area contributed by atoms with E-state index in [1.807, 2.05) is 0 Å². The molecule has 0 unspecified atom stereocenters. The van der Waals surface area contributed by atoms with Crippen molar-refractivity contribution in [3.63, 3.8) is 0 Å². The molecule has 1 aliphatic heterocycles. The maximum absolute atomic E-state index is 13.2. The number of amides is 1. The predicted octanol–water partition coefficient (Wildman–Crippen LogP) is 2.54. The summed E-state index contributed by atoms with van der Waals surface area (Å²) < 4.78 is 55.4. The van der Waals surface area contributed by atoms with Gasteiger partial charge in [-0.1, -0.05) is 12.1 Å². The molecule has 3 rings (SSSR count). The number of aromatic carboxylic acids is 1. The number of nitrogens with one attached hydrogen (secondary N) is 1. The molecule has 27 heavy (non-hydrogen) atoms. The maximum Gasteiger partial charge on any atom is 0.461 e. The lowest BCUT2D eigenvalue weighted by Crippen LogP contribution is -2.38. The van der Waals surface area contributed by atoms with Crippen LogP contribution in [-0.4, -0.2) is 51.2 Å². The van der Waals surface area contributed by atoms with E-state index in [1.54, 1.807) is 0 Å². The number of aromatic nitrogens is 2. The van der Waals surface area contributed by atoms with E-state index in [-0.39, 0.29) is 30.8 Å². The van der Waals surface area contributed by atoms with Gasteiger partial charge in [-0.3, -0.25) is 9.89 Å². The summed E-state index contributed by atoms with van der Waals surface area (Å²) >= 11 is 0. The molecule has 1 amide bonds. The Morgan fingerprint density at radius 3 is 2.67 bits per heavy atom. The molecule has 0 saturated carbocycles. The summed E-state index contributed by atoms with van der Waals surface area (Å²) in [7, 11) is 0. The standard InChI is InChI=1S/C16H13F4N3O4/c17-15(18)16(19,20)27-11-4-2-1-3-8(11)13(24)23-6-5-10-9(7-23)12(14(25)26)22-21-10/h1-4,15H,5-7H2,(H,21,22)(H,25,26). The molecule has 1 aromatic carbocycles. The second kappa shape index (κ2) is 6.89. The minimum absolute atomic E-state index is 0.119. The molecule has 7 nitrogen and oxygen atoms in total. The number of alkyl halides is 4. The monoisotopic (exact) mass is 387 g/mol. The second-order valence-electron chi connectivity index (χ2n) is 5.77. The number of carboxylic acid groups (broad SMARTS) is 1. The van der Waals surface area contributed by atoms with Gasteiger partial charge in [0.25, 0.3) is 5.91 Å². The highest BCUT2D eigenvalue weighted by Crippen LogP contribution is 2.31. The van der Waals surface area contributed by atoms with E-state index < -0.39 is 30.2 Å². The molecule has 0 spiro atoms. The first-order valence-corrected chi connectivity index (χ1v) is 7.73. The summed E-state index contributed by atoms with van der Waals surface area (Å²) in [5.41, 5.74) is 0.293. The van der Waals surface area contributed by atoms with Gasteiger partial charge < -0.3 is 14.7 Å². The first kappa shape index (κ1) is 18.7. The van der Waals surface area contributed by atoms with E-state index >= 15 is 0 Å². The van der Waals surface area contributed by atoms with Crippen LogP contribution < -0.4 is 4.74 Å². The van der Waals surface area contributed by atoms with E-state index in [4.69, 9.17) is 5.11 Å². The normalized spacial score (nSPS) is 14.2. The van der Waals surface area contributed by atoms with Gasteiger partial charge in [-0.25, -0.2) is 4.79 Å². The molecule has 11 heteroatoms. The number of para-hydroxylation sites is 1. The van der Waals surface area contributed by atoms with Crippen LogP contribution >= 0.6 is 0 Å². The van der Waals surface area contributed by atoms with Crippen LogP contribution in [-0.2, 0) is 13.0 Å². The number of hydrogen-bond acceptors (Lipinski definition) is 4. The predicted molar refractivity (Wildman–Crippen MR) is 82.0 cm³/mol. The van der Waals surface area contributed by atoms with Gasteiger partial charge in [0.15, 0.2) is 5.69 Å². The number of H-pyrrole nitrogens is 1. The third-order valence-electron chi connectivity index (χ3n) is 4.04. The van der Waals surface area contributed by atoms with Crippen molar-refractivity contribution in [2.75, 3.05) is 6.54 Å². The lowest BCUT2D eigenvalue weighted by Gasteiger charge is -2.28. The first-order valence-electron chi connectivity index (χ1n) is 7.73. The summed E-state index contributed by atoms with van der Waals surface area (Å²) in [6.07, 6.45) is -8.55.